The highest BCUT2D eigenvalue weighted by atomic mass is 19.2. The molecule has 0 aliphatic carbocycles. The van der Waals surface area contributed by atoms with Crippen LogP contribution in [-0.2, 0) is 7.05 Å². The van der Waals surface area contributed by atoms with E-state index in [0.29, 0.717) is 22.9 Å². The highest BCUT2D eigenvalue weighted by molar-refractivity contribution is 6.03. The molecule has 3 rings (SSSR count). The zero-order valence-electron chi connectivity index (χ0n) is 13.8. The van der Waals surface area contributed by atoms with Gasteiger partial charge < -0.3 is 5.32 Å². The Kier molecular flexibility index (Phi) is 4.50. The average molecular weight is 363 g/mol. The molecule has 2 aromatic carbocycles. The van der Waals surface area contributed by atoms with E-state index in [-0.39, 0.29) is 11.5 Å². The summed E-state index contributed by atoms with van der Waals surface area (Å²) in [6, 6.07) is 7.49. The lowest BCUT2D eigenvalue weighted by atomic mass is 10.1. The van der Waals surface area contributed by atoms with Crippen molar-refractivity contribution in [2.75, 3.05) is 5.32 Å². The van der Waals surface area contributed by atoms with Gasteiger partial charge in [0, 0.05) is 12.6 Å². The first-order chi connectivity index (χ1) is 12.3. The maximum absolute atomic E-state index is 13.7. The lowest BCUT2D eigenvalue weighted by Gasteiger charge is -2.05. The predicted octanol–water partition coefficient (Wildman–Crippen LogP) is 4.20. The van der Waals surface area contributed by atoms with Gasteiger partial charge in [-0.2, -0.15) is 5.10 Å². The summed E-state index contributed by atoms with van der Waals surface area (Å²) in [6.45, 7) is 1.61. The van der Waals surface area contributed by atoms with Crippen molar-refractivity contribution in [2.24, 2.45) is 7.05 Å². The van der Waals surface area contributed by atoms with Crippen molar-refractivity contribution in [2.45, 2.75) is 6.92 Å². The minimum Gasteiger partial charge on any atom is -0.318 e. The Morgan fingerprint density at radius 1 is 1.00 bits per heavy atom. The smallest absolute Gasteiger partial charge is 0.276 e. The van der Waals surface area contributed by atoms with Gasteiger partial charge >= 0.3 is 0 Å². The first-order valence-corrected chi connectivity index (χ1v) is 7.53. The van der Waals surface area contributed by atoms with Crippen LogP contribution < -0.4 is 5.32 Å². The molecule has 4 nitrogen and oxygen atoms in total. The zero-order chi connectivity index (χ0) is 19.0. The Bertz CT molecular complexity index is 1010. The normalized spacial score (nSPS) is 10.8. The molecule has 8 heteroatoms. The van der Waals surface area contributed by atoms with Crippen molar-refractivity contribution < 1.29 is 22.4 Å². The number of nitrogens with one attached hydrogen (secondary N) is 1. The quantitative estimate of drug-likeness (QED) is 0.560. The van der Waals surface area contributed by atoms with E-state index in [0.717, 1.165) is 6.07 Å². The van der Waals surface area contributed by atoms with E-state index in [1.54, 1.807) is 20.0 Å². The summed E-state index contributed by atoms with van der Waals surface area (Å²) >= 11 is 0. The maximum atomic E-state index is 13.7. The molecule has 0 saturated carbocycles. The van der Waals surface area contributed by atoms with E-state index in [1.165, 1.54) is 22.9 Å². The summed E-state index contributed by atoms with van der Waals surface area (Å²) in [5.74, 6) is -5.68. The first-order valence-electron chi connectivity index (χ1n) is 7.53. The number of aromatic nitrogens is 2. The van der Waals surface area contributed by atoms with Gasteiger partial charge in [-0.3, -0.25) is 9.48 Å². The molecule has 1 aromatic heterocycles. The van der Waals surface area contributed by atoms with Crippen molar-refractivity contribution in [3.63, 3.8) is 0 Å². The molecular formula is C18H13F4N3O. The predicted molar refractivity (Wildman–Crippen MR) is 87.6 cm³/mol. The van der Waals surface area contributed by atoms with Gasteiger partial charge in [-0.15, -0.1) is 0 Å². The second-order valence-corrected chi connectivity index (χ2v) is 5.68. The van der Waals surface area contributed by atoms with Gasteiger partial charge in [0.05, 0.1) is 11.4 Å². The summed E-state index contributed by atoms with van der Waals surface area (Å²) in [6.07, 6.45) is 0. The van der Waals surface area contributed by atoms with Crippen molar-refractivity contribution in [3.8, 4) is 11.3 Å². The number of carbonyl (C=O) groups is 1. The Balaban J connectivity index is 1.90. The average Bonchev–Trinajstić information content (AvgIpc) is 3.00. The number of rotatable bonds is 3. The number of aryl methyl sites for hydroxylation is 2. The molecule has 0 radical (unpaired) electrons. The highest BCUT2D eigenvalue weighted by Crippen LogP contribution is 2.24. The fraction of sp³-hybridized carbons (Fsp3) is 0.111. The van der Waals surface area contributed by atoms with Gasteiger partial charge in [-0.05, 0) is 48.9 Å². The maximum Gasteiger partial charge on any atom is 0.276 e. The van der Waals surface area contributed by atoms with Gasteiger partial charge in [0.1, 0.15) is 5.82 Å². The molecular weight excluding hydrogens is 350 g/mol. The monoisotopic (exact) mass is 363 g/mol. The van der Waals surface area contributed by atoms with Crippen molar-refractivity contribution in [3.05, 3.63) is 70.9 Å². The van der Waals surface area contributed by atoms with E-state index in [1.807, 2.05) is 0 Å². The second kappa shape index (κ2) is 6.62. The van der Waals surface area contributed by atoms with Crippen LogP contribution in [0.25, 0.3) is 11.3 Å². The molecule has 1 heterocycles. The minimum absolute atomic E-state index is 0.0615. The number of carbonyl (C=O) groups excluding carboxylic acids is 1. The zero-order valence-corrected chi connectivity index (χ0v) is 13.8. The molecule has 0 unspecified atom stereocenters. The van der Waals surface area contributed by atoms with Crippen LogP contribution in [0, 0.1) is 30.2 Å². The molecule has 0 aliphatic heterocycles. The van der Waals surface area contributed by atoms with E-state index >= 15 is 0 Å². The van der Waals surface area contributed by atoms with Gasteiger partial charge in [0.2, 0.25) is 0 Å². The highest BCUT2D eigenvalue weighted by Gasteiger charge is 2.19. The van der Waals surface area contributed by atoms with Crippen LogP contribution in [0.15, 0.2) is 36.4 Å². The van der Waals surface area contributed by atoms with Crippen molar-refractivity contribution in [1.82, 2.24) is 9.78 Å². The Hall–Kier alpha value is -3.16. The third kappa shape index (κ3) is 3.17. The largest absolute Gasteiger partial charge is 0.318 e. The summed E-state index contributed by atoms with van der Waals surface area (Å²) in [5, 5.41) is 6.18. The van der Waals surface area contributed by atoms with Crippen LogP contribution in [0.5, 0.6) is 0 Å². The van der Waals surface area contributed by atoms with E-state index in [9.17, 15) is 22.4 Å². The molecule has 0 fully saturated rings. The molecule has 134 valence electrons. The topological polar surface area (TPSA) is 46.9 Å². The number of amides is 1. The molecule has 3 aromatic rings. The van der Waals surface area contributed by atoms with Crippen LogP contribution in [0.1, 0.15) is 16.1 Å². The molecule has 0 atom stereocenters. The third-order valence-corrected chi connectivity index (χ3v) is 3.85. The summed E-state index contributed by atoms with van der Waals surface area (Å²) < 4.78 is 54.7. The summed E-state index contributed by atoms with van der Waals surface area (Å²) in [5.41, 5.74) is 1.03. The third-order valence-electron chi connectivity index (χ3n) is 3.85. The molecule has 0 aliphatic rings. The molecule has 0 spiro atoms. The number of halogens is 4. The number of hydrogen-bond donors (Lipinski definition) is 1. The van der Waals surface area contributed by atoms with Crippen molar-refractivity contribution >= 4 is 11.6 Å². The number of nitrogens with zero attached hydrogens (tertiary/aromatic N) is 2. The van der Waals surface area contributed by atoms with Gasteiger partial charge in [0.25, 0.3) is 5.91 Å². The van der Waals surface area contributed by atoms with E-state index in [4.69, 9.17) is 0 Å². The fourth-order valence-electron chi connectivity index (χ4n) is 2.46. The molecule has 1 amide bonds. The van der Waals surface area contributed by atoms with Crippen LogP contribution in [0.3, 0.4) is 0 Å². The molecule has 0 bridgehead atoms. The van der Waals surface area contributed by atoms with E-state index in [2.05, 4.69) is 10.4 Å². The van der Waals surface area contributed by atoms with Gasteiger partial charge in [-0.25, -0.2) is 17.6 Å². The Morgan fingerprint density at radius 2 is 1.69 bits per heavy atom. The fourth-order valence-corrected chi connectivity index (χ4v) is 2.46. The standard InChI is InChI=1S/C18H13F4N3O/c1-9-7-10(3-4-11(9)19)15-8-14(24-25(15)2)18(26)23-13-6-5-12(20)16(21)17(13)22/h3-8H,1-2H3,(H,23,26). The summed E-state index contributed by atoms with van der Waals surface area (Å²) in [4.78, 5) is 12.3. The number of anilines is 1. The SMILES string of the molecule is Cc1cc(-c2cc(C(=O)Nc3ccc(F)c(F)c3F)nn2C)ccc1F. The molecule has 26 heavy (non-hydrogen) atoms. The van der Waals surface area contributed by atoms with Crippen LogP contribution in [0.4, 0.5) is 23.2 Å². The molecule has 1 N–H and O–H groups in total. The minimum atomic E-state index is -1.67. The van der Waals surface area contributed by atoms with Crippen LogP contribution in [0.2, 0.25) is 0 Å². The van der Waals surface area contributed by atoms with Crippen molar-refractivity contribution in [1.29, 1.82) is 0 Å². The van der Waals surface area contributed by atoms with Crippen LogP contribution >= 0.6 is 0 Å². The summed E-state index contributed by atoms with van der Waals surface area (Å²) in [7, 11) is 1.59. The van der Waals surface area contributed by atoms with E-state index < -0.39 is 29.0 Å². The van der Waals surface area contributed by atoms with Crippen LogP contribution in [-0.4, -0.2) is 15.7 Å². The Labute approximate surface area is 146 Å². The lowest BCUT2D eigenvalue weighted by molar-refractivity contribution is 0.102. The first kappa shape index (κ1) is 17.7. The number of benzene rings is 2. The second-order valence-electron chi connectivity index (χ2n) is 5.68. The lowest BCUT2D eigenvalue weighted by Crippen LogP contribution is -2.14. The Morgan fingerprint density at radius 3 is 2.38 bits per heavy atom. The molecule has 0 saturated heterocycles. The van der Waals surface area contributed by atoms with Gasteiger partial charge in [0.15, 0.2) is 23.1 Å². The number of hydrogen-bond acceptors (Lipinski definition) is 2. The van der Waals surface area contributed by atoms with Gasteiger partial charge in [-0.1, -0.05) is 0 Å².